The molecule has 114 valence electrons. The largest absolute Gasteiger partial charge is 0.492 e. The van der Waals surface area contributed by atoms with Gasteiger partial charge in [-0.2, -0.15) is 0 Å². The third kappa shape index (κ3) is 3.04. The van der Waals surface area contributed by atoms with Gasteiger partial charge in [0.15, 0.2) is 0 Å². The standard InChI is InChI=1S/C17H18N2O2S/c1-3-14-10-15-16(22-14)18-11-19(17(15)20)8-9-21-13-6-4-12(2)5-7-13/h4-7,10-11H,3,8-9H2,1-2H3. The van der Waals surface area contributed by atoms with E-state index in [-0.39, 0.29) is 5.56 Å². The number of nitrogens with zero attached hydrogens (tertiary/aromatic N) is 2. The lowest BCUT2D eigenvalue weighted by atomic mass is 10.2. The number of benzene rings is 1. The summed E-state index contributed by atoms with van der Waals surface area (Å²) in [5.41, 5.74) is 1.20. The van der Waals surface area contributed by atoms with Gasteiger partial charge in [0.25, 0.3) is 5.56 Å². The summed E-state index contributed by atoms with van der Waals surface area (Å²) in [5, 5.41) is 0.708. The van der Waals surface area contributed by atoms with E-state index in [1.165, 1.54) is 10.4 Å². The molecule has 5 heteroatoms. The number of thiophene rings is 1. The second-order valence-electron chi connectivity index (χ2n) is 5.19. The predicted molar refractivity (Wildman–Crippen MR) is 89.9 cm³/mol. The van der Waals surface area contributed by atoms with Gasteiger partial charge in [0.1, 0.15) is 17.2 Å². The highest BCUT2D eigenvalue weighted by Gasteiger charge is 2.08. The van der Waals surface area contributed by atoms with E-state index in [0.717, 1.165) is 17.0 Å². The fourth-order valence-corrected chi connectivity index (χ4v) is 3.17. The number of aryl methyl sites for hydroxylation is 2. The van der Waals surface area contributed by atoms with Crippen molar-refractivity contribution in [3.8, 4) is 5.75 Å². The fraction of sp³-hybridized carbons (Fsp3) is 0.294. The Labute approximate surface area is 133 Å². The Bertz CT molecular complexity index is 834. The molecule has 0 saturated heterocycles. The molecule has 2 heterocycles. The van der Waals surface area contributed by atoms with E-state index in [1.807, 2.05) is 37.3 Å². The summed E-state index contributed by atoms with van der Waals surface area (Å²) in [4.78, 5) is 18.8. The molecule has 22 heavy (non-hydrogen) atoms. The summed E-state index contributed by atoms with van der Waals surface area (Å²) in [6.45, 7) is 5.06. The molecule has 0 radical (unpaired) electrons. The van der Waals surface area contributed by atoms with Crippen molar-refractivity contribution in [1.29, 1.82) is 0 Å². The number of rotatable bonds is 5. The first kappa shape index (κ1) is 14.8. The number of hydrogen-bond acceptors (Lipinski definition) is 4. The summed E-state index contributed by atoms with van der Waals surface area (Å²) < 4.78 is 7.29. The molecule has 0 bridgehead atoms. The van der Waals surface area contributed by atoms with E-state index in [0.29, 0.717) is 18.5 Å². The van der Waals surface area contributed by atoms with Crippen LogP contribution in [0.3, 0.4) is 0 Å². The van der Waals surface area contributed by atoms with Crippen LogP contribution in [0.2, 0.25) is 0 Å². The molecule has 0 aliphatic rings. The highest BCUT2D eigenvalue weighted by Crippen LogP contribution is 2.21. The quantitative estimate of drug-likeness (QED) is 0.725. The van der Waals surface area contributed by atoms with Crippen LogP contribution in [0.5, 0.6) is 5.75 Å². The molecule has 4 nitrogen and oxygen atoms in total. The predicted octanol–water partition coefficient (Wildman–Crippen LogP) is 3.41. The molecule has 0 N–H and O–H groups in total. The van der Waals surface area contributed by atoms with Crippen molar-refractivity contribution < 1.29 is 4.74 Å². The van der Waals surface area contributed by atoms with Gasteiger partial charge in [-0.25, -0.2) is 4.98 Å². The molecule has 1 aromatic carbocycles. The highest BCUT2D eigenvalue weighted by molar-refractivity contribution is 7.18. The van der Waals surface area contributed by atoms with Gasteiger partial charge >= 0.3 is 0 Å². The molecule has 0 saturated carbocycles. The van der Waals surface area contributed by atoms with Crippen LogP contribution in [0.25, 0.3) is 10.2 Å². The van der Waals surface area contributed by atoms with Crippen molar-refractivity contribution in [1.82, 2.24) is 9.55 Å². The van der Waals surface area contributed by atoms with E-state index >= 15 is 0 Å². The van der Waals surface area contributed by atoms with Crippen LogP contribution < -0.4 is 10.3 Å². The van der Waals surface area contributed by atoms with Gasteiger partial charge in [-0.15, -0.1) is 11.3 Å². The first-order valence-electron chi connectivity index (χ1n) is 7.34. The van der Waals surface area contributed by atoms with Crippen LogP contribution >= 0.6 is 11.3 Å². The maximum absolute atomic E-state index is 12.4. The van der Waals surface area contributed by atoms with E-state index in [9.17, 15) is 4.79 Å². The van der Waals surface area contributed by atoms with Crippen molar-refractivity contribution in [3.05, 3.63) is 57.5 Å². The Kier molecular flexibility index (Phi) is 4.24. The molecule has 0 atom stereocenters. The Morgan fingerprint density at radius 1 is 1.27 bits per heavy atom. The smallest absolute Gasteiger partial charge is 0.262 e. The van der Waals surface area contributed by atoms with E-state index in [4.69, 9.17) is 4.74 Å². The molecule has 0 unspecified atom stereocenters. The van der Waals surface area contributed by atoms with Crippen molar-refractivity contribution in [3.63, 3.8) is 0 Å². The van der Waals surface area contributed by atoms with Crippen LogP contribution in [-0.2, 0) is 13.0 Å². The van der Waals surface area contributed by atoms with Gasteiger partial charge in [-0.3, -0.25) is 9.36 Å². The molecule has 0 spiro atoms. The fourth-order valence-electron chi connectivity index (χ4n) is 2.24. The molecular formula is C17H18N2O2S. The molecule has 0 amide bonds. The van der Waals surface area contributed by atoms with Crippen molar-refractivity contribution in [2.45, 2.75) is 26.8 Å². The molecular weight excluding hydrogens is 296 g/mol. The van der Waals surface area contributed by atoms with Crippen molar-refractivity contribution in [2.24, 2.45) is 0 Å². The first-order chi connectivity index (χ1) is 10.7. The molecule has 0 aliphatic heterocycles. The second kappa shape index (κ2) is 6.32. The lowest BCUT2D eigenvalue weighted by Gasteiger charge is -2.08. The third-order valence-electron chi connectivity index (χ3n) is 3.54. The lowest BCUT2D eigenvalue weighted by molar-refractivity contribution is 0.296. The minimum Gasteiger partial charge on any atom is -0.492 e. The van der Waals surface area contributed by atoms with Gasteiger partial charge in [0.05, 0.1) is 18.3 Å². The molecule has 2 aromatic heterocycles. The maximum atomic E-state index is 12.4. The summed E-state index contributed by atoms with van der Waals surface area (Å²) in [6.07, 6.45) is 2.54. The second-order valence-corrected chi connectivity index (χ2v) is 6.30. The van der Waals surface area contributed by atoms with Crippen LogP contribution in [0.4, 0.5) is 0 Å². The van der Waals surface area contributed by atoms with E-state index < -0.39 is 0 Å². The summed E-state index contributed by atoms with van der Waals surface area (Å²) in [6, 6.07) is 9.84. The third-order valence-corrected chi connectivity index (χ3v) is 4.73. The maximum Gasteiger partial charge on any atom is 0.262 e. The number of aromatic nitrogens is 2. The zero-order valence-corrected chi connectivity index (χ0v) is 13.5. The SMILES string of the molecule is CCc1cc2c(=O)n(CCOc3ccc(C)cc3)cnc2s1. The Hall–Kier alpha value is -2.14. The van der Waals surface area contributed by atoms with Crippen LogP contribution in [0.15, 0.2) is 41.5 Å². The minimum atomic E-state index is 0.00783. The van der Waals surface area contributed by atoms with Gasteiger partial charge in [-0.05, 0) is 31.5 Å². The van der Waals surface area contributed by atoms with Crippen molar-refractivity contribution in [2.75, 3.05) is 6.61 Å². The normalized spacial score (nSPS) is 11.0. The van der Waals surface area contributed by atoms with Crippen LogP contribution in [-0.4, -0.2) is 16.2 Å². The minimum absolute atomic E-state index is 0.00783. The topological polar surface area (TPSA) is 44.1 Å². The molecule has 0 aliphatic carbocycles. The van der Waals surface area contributed by atoms with Gasteiger partial charge in [-0.1, -0.05) is 24.6 Å². The number of fused-ring (bicyclic) bond motifs is 1. The first-order valence-corrected chi connectivity index (χ1v) is 8.16. The summed E-state index contributed by atoms with van der Waals surface area (Å²) in [7, 11) is 0. The molecule has 0 fully saturated rings. The average Bonchev–Trinajstić information content (AvgIpc) is 2.96. The zero-order valence-electron chi connectivity index (χ0n) is 12.7. The van der Waals surface area contributed by atoms with Crippen LogP contribution in [0.1, 0.15) is 17.4 Å². The Balaban J connectivity index is 1.72. The molecule has 3 rings (SSSR count). The molecule has 3 aromatic rings. The number of ether oxygens (including phenoxy) is 1. The lowest BCUT2D eigenvalue weighted by Crippen LogP contribution is -2.23. The average molecular weight is 314 g/mol. The Morgan fingerprint density at radius 3 is 2.77 bits per heavy atom. The van der Waals surface area contributed by atoms with E-state index in [2.05, 4.69) is 11.9 Å². The van der Waals surface area contributed by atoms with Crippen LogP contribution in [0, 0.1) is 6.92 Å². The highest BCUT2D eigenvalue weighted by atomic mass is 32.1. The van der Waals surface area contributed by atoms with Gasteiger partial charge < -0.3 is 4.74 Å². The number of hydrogen-bond donors (Lipinski definition) is 0. The summed E-state index contributed by atoms with van der Waals surface area (Å²) in [5.74, 6) is 0.816. The van der Waals surface area contributed by atoms with Crippen molar-refractivity contribution >= 4 is 21.6 Å². The van der Waals surface area contributed by atoms with E-state index in [1.54, 1.807) is 22.2 Å². The van der Waals surface area contributed by atoms with Gasteiger partial charge in [0, 0.05) is 4.88 Å². The summed E-state index contributed by atoms with van der Waals surface area (Å²) >= 11 is 1.59. The van der Waals surface area contributed by atoms with Gasteiger partial charge in [0.2, 0.25) is 0 Å². The zero-order chi connectivity index (χ0) is 15.5. The Morgan fingerprint density at radius 2 is 2.05 bits per heavy atom. The monoisotopic (exact) mass is 314 g/mol.